The van der Waals surface area contributed by atoms with E-state index >= 15 is 0 Å². The number of rotatable bonds is 5. The lowest BCUT2D eigenvalue weighted by atomic mass is 10.1. The van der Waals surface area contributed by atoms with Gasteiger partial charge in [-0.05, 0) is 11.6 Å². The first kappa shape index (κ1) is 14.0. The van der Waals surface area contributed by atoms with E-state index in [4.69, 9.17) is 0 Å². The van der Waals surface area contributed by atoms with Gasteiger partial charge in [-0.15, -0.1) is 11.3 Å². The molecule has 0 radical (unpaired) electrons. The Morgan fingerprint density at radius 2 is 2.11 bits per heavy atom. The molecule has 0 unspecified atom stereocenters. The molecule has 6 heteroatoms. The molecule has 0 atom stereocenters. The van der Waals surface area contributed by atoms with Crippen LogP contribution in [-0.4, -0.2) is 11.5 Å². The summed E-state index contributed by atoms with van der Waals surface area (Å²) in [7, 11) is 0. The topological polar surface area (TPSA) is 24.9 Å². The highest BCUT2D eigenvalue weighted by atomic mass is 32.1. The van der Waals surface area contributed by atoms with Crippen LogP contribution in [0, 0.1) is 0 Å². The van der Waals surface area contributed by atoms with Gasteiger partial charge in [0.1, 0.15) is 0 Å². The summed E-state index contributed by atoms with van der Waals surface area (Å²) in [4.78, 5) is 4.14. The van der Waals surface area contributed by atoms with Crippen molar-refractivity contribution in [1.82, 2.24) is 10.3 Å². The molecule has 1 heterocycles. The summed E-state index contributed by atoms with van der Waals surface area (Å²) in [6.45, 7) is 1.12. The lowest BCUT2D eigenvalue weighted by molar-refractivity contribution is -0.137. The first-order valence-electron chi connectivity index (χ1n) is 5.81. The molecule has 1 aromatic carbocycles. The third-order valence-corrected chi connectivity index (χ3v) is 3.42. The fourth-order valence-electron chi connectivity index (χ4n) is 1.66. The van der Waals surface area contributed by atoms with Crippen LogP contribution in [0.25, 0.3) is 0 Å². The molecular formula is C13H13F3N2S. The summed E-state index contributed by atoms with van der Waals surface area (Å²) in [5.74, 6) is 0. The summed E-state index contributed by atoms with van der Waals surface area (Å²) in [5, 5.41) is 6.05. The van der Waals surface area contributed by atoms with Crippen molar-refractivity contribution in [2.24, 2.45) is 0 Å². The number of nitrogens with zero attached hydrogens (tertiary/aromatic N) is 1. The van der Waals surface area contributed by atoms with Crippen LogP contribution in [0.1, 0.15) is 16.1 Å². The molecule has 0 saturated carbocycles. The SMILES string of the molecule is FC(F)(F)c1cccc(CNCCc2nccs2)c1. The van der Waals surface area contributed by atoms with Crippen molar-refractivity contribution in [2.45, 2.75) is 19.1 Å². The maximum absolute atomic E-state index is 12.5. The smallest absolute Gasteiger partial charge is 0.312 e. The van der Waals surface area contributed by atoms with Gasteiger partial charge in [-0.2, -0.15) is 13.2 Å². The summed E-state index contributed by atoms with van der Waals surface area (Å²) in [5.41, 5.74) is 0.0284. The lowest BCUT2D eigenvalue weighted by Crippen LogP contribution is -2.17. The molecule has 102 valence electrons. The van der Waals surface area contributed by atoms with Crippen LogP contribution in [0.4, 0.5) is 13.2 Å². The molecule has 0 spiro atoms. The monoisotopic (exact) mass is 286 g/mol. The molecule has 0 saturated heterocycles. The van der Waals surface area contributed by atoms with Crippen molar-refractivity contribution in [3.63, 3.8) is 0 Å². The predicted molar refractivity (Wildman–Crippen MR) is 69.0 cm³/mol. The molecule has 1 N–H and O–H groups in total. The van der Waals surface area contributed by atoms with E-state index in [2.05, 4.69) is 10.3 Å². The second-order valence-corrected chi connectivity index (χ2v) is 5.03. The molecule has 0 amide bonds. The Balaban J connectivity index is 1.83. The van der Waals surface area contributed by atoms with Gasteiger partial charge in [-0.25, -0.2) is 4.98 Å². The van der Waals surface area contributed by atoms with E-state index in [-0.39, 0.29) is 0 Å². The summed E-state index contributed by atoms with van der Waals surface area (Å²) in [6.07, 6.45) is -1.75. The molecule has 0 aliphatic rings. The average Bonchev–Trinajstić information content (AvgIpc) is 2.87. The van der Waals surface area contributed by atoms with E-state index in [1.54, 1.807) is 23.6 Å². The predicted octanol–water partition coefficient (Wildman–Crippen LogP) is 3.49. The maximum Gasteiger partial charge on any atom is 0.416 e. The van der Waals surface area contributed by atoms with E-state index in [1.165, 1.54) is 12.1 Å². The quantitative estimate of drug-likeness (QED) is 0.851. The van der Waals surface area contributed by atoms with Gasteiger partial charge >= 0.3 is 6.18 Å². The van der Waals surface area contributed by atoms with Crippen LogP contribution in [-0.2, 0) is 19.1 Å². The van der Waals surface area contributed by atoms with E-state index in [1.807, 2.05) is 5.38 Å². The van der Waals surface area contributed by atoms with Crippen LogP contribution in [0.3, 0.4) is 0 Å². The Morgan fingerprint density at radius 3 is 2.79 bits per heavy atom. The average molecular weight is 286 g/mol. The van der Waals surface area contributed by atoms with Crippen molar-refractivity contribution in [3.05, 3.63) is 52.0 Å². The first-order chi connectivity index (χ1) is 9.05. The molecule has 2 aromatic rings. The van der Waals surface area contributed by atoms with Crippen molar-refractivity contribution in [1.29, 1.82) is 0 Å². The molecular weight excluding hydrogens is 273 g/mol. The van der Waals surface area contributed by atoms with Crippen molar-refractivity contribution >= 4 is 11.3 Å². The minimum absolute atomic E-state index is 0.426. The second-order valence-electron chi connectivity index (χ2n) is 4.05. The molecule has 1 aromatic heterocycles. The Morgan fingerprint density at radius 1 is 1.26 bits per heavy atom. The number of hydrogen-bond acceptors (Lipinski definition) is 3. The zero-order valence-corrected chi connectivity index (χ0v) is 10.9. The minimum Gasteiger partial charge on any atom is -0.312 e. The van der Waals surface area contributed by atoms with Gasteiger partial charge in [0.25, 0.3) is 0 Å². The summed E-state index contributed by atoms with van der Waals surface area (Å²) >= 11 is 1.58. The van der Waals surface area contributed by atoms with Crippen LogP contribution in [0.5, 0.6) is 0 Å². The van der Waals surface area contributed by atoms with Crippen LogP contribution in [0.2, 0.25) is 0 Å². The van der Waals surface area contributed by atoms with E-state index in [0.29, 0.717) is 18.7 Å². The number of hydrogen-bond donors (Lipinski definition) is 1. The van der Waals surface area contributed by atoms with Gasteiger partial charge in [-0.3, -0.25) is 0 Å². The number of thiazole rings is 1. The van der Waals surface area contributed by atoms with Crippen molar-refractivity contribution < 1.29 is 13.2 Å². The first-order valence-corrected chi connectivity index (χ1v) is 6.69. The standard InChI is InChI=1S/C13H13F3N2S/c14-13(15,16)11-3-1-2-10(8-11)9-17-5-4-12-18-6-7-19-12/h1-3,6-8,17H,4-5,9H2. The minimum atomic E-state index is -4.28. The van der Waals surface area contributed by atoms with Gasteiger partial charge in [0.15, 0.2) is 0 Å². The van der Waals surface area contributed by atoms with Gasteiger partial charge < -0.3 is 5.32 Å². The third kappa shape index (κ3) is 4.33. The van der Waals surface area contributed by atoms with Crippen molar-refractivity contribution in [2.75, 3.05) is 6.54 Å². The maximum atomic E-state index is 12.5. The second kappa shape index (κ2) is 6.16. The number of aromatic nitrogens is 1. The molecule has 0 aliphatic carbocycles. The van der Waals surface area contributed by atoms with Crippen molar-refractivity contribution in [3.8, 4) is 0 Å². The molecule has 19 heavy (non-hydrogen) atoms. The summed E-state index contributed by atoms with van der Waals surface area (Å²) < 4.78 is 37.5. The van der Waals surface area contributed by atoms with E-state index in [9.17, 15) is 13.2 Å². The lowest BCUT2D eigenvalue weighted by Gasteiger charge is -2.09. The largest absolute Gasteiger partial charge is 0.416 e. The fraction of sp³-hybridized carbons (Fsp3) is 0.308. The number of halogens is 3. The Kier molecular flexibility index (Phi) is 4.55. The van der Waals surface area contributed by atoms with E-state index in [0.717, 1.165) is 17.5 Å². The highest BCUT2D eigenvalue weighted by molar-refractivity contribution is 7.09. The van der Waals surface area contributed by atoms with Gasteiger partial charge in [0.05, 0.1) is 10.6 Å². The van der Waals surface area contributed by atoms with Gasteiger partial charge in [-0.1, -0.05) is 18.2 Å². The summed E-state index contributed by atoms with van der Waals surface area (Å²) in [6, 6.07) is 5.38. The number of benzene rings is 1. The molecule has 0 bridgehead atoms. The van der Waals surface area contributed by atoms with Crippen LogP contribution < -0.4 is 5.32 Å². The Bertz CT molecular complexity index is 509. The van der Waals surface area contributed by atoms with Crippen LogP contribution in [0.15, 0.2) is 35.8 Å². The molecule has 0 aliphatic heterocycles. The molecule has 0 fully saturated rings. The normalized spacial score (nSPS) is 11.7. The highest BCUT2D eigenvalue weighted by Crippen LogP contribution is 2.29. The number of alkyl halides is 3. The van der Waals surface area contributed by atoms with Crippen LogP contribution >= 0.6 is 11.3 Å². The van der Waals surface area contributed by atoms with Gasteiger partial charge in [0.2, 0.25) is 0 Å². The molecule has 2 nitrogen and oxygen atoms in total. The zero-order chi connectivity index (χ0) is 13.7. The highest BCUT2D eigenvalue weighted by Gasteiger charge is 2.30. The Labute approximate surface area is 113 Å². The number of nitrogens with one attached hydrogen (secondary N) is 1. The molecule has 2 rings (SSSR count). The Hall–Kier alpha value is -1.40. The zero-order valence-electron chi connectivity index (χ0n) is 10.1. The third-order valence-electron chi connectivity index (χ3n) is 2.58. The fourth-order valence-corrected chi connectivity index (χ4v) is 2.28. The van der Waals surface area contributed by atoms with E-state index < -0.39 is 11.7 Å². The van der Waals surface area contributed by atoms with Gasteiger partial charge in [0, 0.05) is 31.1 Å².